The number of hydrogen-bond acceptors (Lipinski definition) is 4. The summed E-state index contributed by atoms with van der Waals surface area (Å²) in [6.45, 7) is 2.30. The fourth-order valence-corrected chi connectivity index (χ4v) is 1.22. The van der Waals surface area contributed by atoms with E-state index in [0.717, 1.165) is 11.5 Å². The van der Waals surface area contributed by atoms with Crippen molar-refractivity contribution in [3.8, 4) is 5.95 Å². The molecule has 0 saturated heterocycles. The predicted molar refractivity (Wildman–Crippen MR) is 51.8 cm³/mol. The monoisotopic (exact) mass is 189 g/mol. The summed E-state index contributed by atoms with van der Waals surface area (Å²) in [5.74, 6) is 1.37. The molecule has 0 unspecified atom stereocenters. The van der Waals surface area contributed by atoms with E-state index in [1.807, 2.05) is 13.0 Å². The average molecular weight is 189 g/mol. The fraction of sp³-hybridized carbons (Fsp3) is 0.222. The molecule has 0 bridgehead atoms. The molecule has 0 aromatic carbocycles. The second-order valence-corrected chi connectivity index (χ2v) is 2.92. The molecule has 14 heavy (non-hydrogen) atoms. The van der Waals surface area contributed by atoms with E-state index in [4.69, 9.17) is 5.73 Å². The first-order chi connectivity index (χ1) is 6.81. The molecule has 0 fully saturated rings. The Balaban J connectivity index is 2.49. The van der Waals surface area contributed by atoms with Gasteiger partial charge in [-0.1, -0.05) is 0 Å². The number of imidazole rings is 1. The molecule has 0 spiro atoms. The molecule has 2 rings (SSSR count). The minimum absolute atomic E-state index is 0.379. The summed E-state index contributed by atoms with van der Waals surface area (Å²) < 4.78 is 1.78. The maximum absolute atomic E-state index is 5.53. The van der Waals surface area contributed by atoms with Crippen LogP contribution in [0.15, 0.2) is 24.7 Å². The van der Waals surface area contributed by atoms with E-state index in [-0.39, 0.29) is 0 Å². The maximum Gasteiger partial charge on any atom is 0.235 e. The van der Waals surface area contributed by atoms with Gasteiger partial charge in [-0.3, -0.25) is 4.57 Å². The van der Waals surface area contributed by atoms with Gasteiger partial charge < -0.3 is 5.73 Å². The van der Waals surface area contributed by atoms with E-state index < -0.39 is 0 Å². The van der Waals surface area contributed by atoms with Crippen molar-refractivity contribution >= 4 is 0 Å². The molecule has 0 radical (unpaired) electrons. The van der Waals surface area contributed by atoms with Gasteiger partial charge in [-0.2, -0.15) is 0 Å². The van der Waals surface area contributed by atoms with Crippen molar-refractivity contribution in [2.24, 2.45) is 5.73 Å². The molecule has 2 N–H and O–H groups in total. The summed E-state index contributed by atoms with van der Waals surface area (Å²) in [4.78, 5) is 12.5. The molecular formula is C9H11N5. The van der Waals surface area contributed by atoms with Crippen LogP contribution >= 0.6 is 0 Å². The molecule has 2 aromatic rings. The summed E-state index contributed by atoms with van der Waals surface area (Å²) in [7, 11) is 0. The molecule has 2 heterocycles. The molecular weight excluding hydrogens is 178 g/mol. The quantitative estimate of drug-likeness (QED) is 0.743. The number of hydrogen-bond donors (Lipinski definition) is 1. The van der Waals surface area contributed by atoms with Crippen LogP contribution in [0.3, 0.4) is 0 Å². The van der Waals surface area contributed by atoms with Crippen LogP contribution in [-0.2, 0) is 6.54 Å². The lowest BCUT2D eigenvalue weighted by atomic mass is 10.5. The number of rotatable bonds is 2. The third-order valence-electron chi connectivity index (χ3n) is 1.90. The lowest BCUT2D eigenvalue weighted by Crippen LogP contribution is -2.09. The largest absolute Gasteiger partial charge is 0.324 e. The van der Waals surface area contributed by atoms with Gasteiger partial charge in [-0.25, -0.2) is 15.0 Å². The standard InChI is InChI=1S/C9H11N5/c1-7-2-3-12-9(13-7)14-5-4-11-8(14)6-10/h2-5H,6,10H2,1H3. The van der Waals surface area contributed by atoms with Crippen molar-refractivity contribution in [1.82, 2.24) is 19.5 Å². The van der Waals surface area contributed by atoms with E-state index >= 15 is 0 Å². The highest BCUT2D eigenvalue weighted by Crippen LogP contribution is 2.04. The Labute approximate surface area is 81.6 Å². The van der Waals surface area contributed by atoms with Crippen LogP contribution in [0.2, 0.25) is 0 Å². The third-order valence-corrected chi connectivity index (χ3v) is 1.90. The van der Waals surface area contributed by atoms with Gasteiger partial charge in [0.2, 0.25) is 5.95 Å². The highest BCUT2D eigenvalue weighted by Gasteiger charge is 2.04. The van der Waals surface area contributed by atoms with E-state index in [9.17, 15) is 0 Å². The molecule has 0 amide bonds. The van der Waals surface area contributed by atoms with Crippen molar-refractivity contribution in [1.29, 1.82) is 0 Å². The van der Waals surface area contributed by atoms with Crippen molar-refractivity contribution in [3.63, 3.8) is 0 Å². The smallest absolute Gasteiger partial charge is 0.235 e. The Morgan fingerprint density at radius 1 is 1.36 bits per heavy atom. The number of nitrogens with zero attached hydrogens (tertiary/aromatic N) is 4. The van der Waals surface area contributed by atoms with E-state index in [1.54, 1.807) is 23.2 Å². The van der Waals surface area contributed by atoms with Crippen molar-refractivity contribution in [2.75, 3.05) is 0 Å². The van der Waals surface area contributed by atoms with Gasteiger partial charge in [-0.15, -0.1) is 0 Å². The first-order valence-electron chi connectivity index (χ1n) is 4.33. The Morgan fingerprint density at radius 3 is 2.93 bits per heavy atom. The summed E-state index contributed by atoms with van der Waals surface area (Å²) in [5.41, 5.74) is 6.45. The van der Waals surface area contributed by atoms with E-state index in [2.05, 4.69) is 15.0 Å². The highest BCUT2D eigenvalue weighted by molar-refractivity contribution is 5.16. The first-order valence-corrected chi connectivity index (χ1v) is 4.33. The Kier molecular flexibility index (Phi) is 2.24. The summed E-state index contributed by atoms with van der Waals surface area (Å²) in [5, 5.41) is 0. The summed E-state index contributed by atoms with van der Waals surface area (Å²) in [6.07, 6.45) is 5.21. The highest BCUT2D eigenvalue weighted by atomic mass is 15.2. The summed E-state index contributed by atoms with van der Waals surface area (Å²) in [6, 6.07) is 1.85. The van der Waals surface area contributed by atoms with Crippen LogP contribution in [0.5, 0.6) is 0 Å². The topological polar surface area (TPSA) is 69.6 Å². The van der Waals surface area contributed by atoms with Crippen LogP contribution in [0.4, 0.5) is 0 Å². The minimum atomic E-state index is 0.379. The minimum Gasteiger partial charge on any atom is -0.324 e. The third kappa shape index (κ3) is 1.49. The molecule has 5 nitrogen and oxygen atoms in total. The second kappa shape index (κ2) is 3.55. The van der Waals surface area contributed by atoms with Crippen LogP contribution in [0, 0.1) is 6.92 Å². The van der Waals surface area contributed by atoms with Gasteiger partial charge in [0.05, 0.1) is 6.54 Å². The first kappa shape index (κ1) is 8.83. The van der Waals surface area contributed by atoms with Crippen LogP contribution in [0.1, 0.15) is 11.5 Å². The zero-order valence-electron chi connectivity index (χ0n) is 7.88. The second-order valence-electron chi connectivity index (χ2n) is 2.92. The molecule has 0 aliphatic rings. The fourth-order valence-electron chi connectivity index (χ4n) is 1.22. The van der Waals surface area contributed by atoms with E-state index in [1.165, 1.54) is 0 Å². The maximum atomic E-state index is 5.53. The lowest BCUT2D eigenvalue weighted by molar-refractivity contribution is 0.815. The molecule has 72 valence electrons. The van der Waals surface area contributed by atoms with Gasteiger partial charge in [0.25, 0.3) is 0 Å². The van der Waals surface area contributed by atoms with Crippen LogP contribution in [-0.4, -0.2) is 19.5 Å². The molecule has 5 heteroatoms. The van der Waals surface area contributed by atoms with Crippen molar-refractivity contribution < 1.29 is 0 Å². The number of aromatic nitrogens is 4. The zero-order chi connectivity index (χ0) is 9.97. The predicted octanol–water partition coefficient (Wildman–Crippen LogP) is 0.429. The summed E-state index contributed by atoms with van der Waals surface area (Å²) >= 11 is 0. The van der Waals surface area contributed by atoms with Gasteiger partial charge in [0.1, 0.15) is 5.82 Å². The van der Waals surface area contributed by atoms with Gasteiger partial charge >= 0.3 is 0 Å². The van der Waals surface area contributed by atoms with Crippen LogP contribution in [0.25, 0.3) is 5.95 Å². The number of aryl methyl sites for hydroxylation is 1. The Bertz CT molecular complexity index is 434. The van der Waals surface area contributed by atoms with Crippen LogP contribution < -0.4 is 5.73 Å². The van der Waals surface area contributed by atoms with Crippen molar-refractivity contribution in [3.05, 3.63) is 36.2 Å². The van der Waals surface area contributed by atoms with Gasteiger partial charge in [0, 0.05) is 24.3 Å². The molecule has 0 aliphatic heterocycles. The van der Waals surface area contributed by atoms with Crippen molar-refractivity contribution in [2.45, 2.75) is 13.5 Å². The molecule has 0 atom stereocenters. The van der Waals surface area contributed by atoms with E-state index in [0.29, 0.717) is 12.5 Å². The molecule has 0 aliphatic carbocycles. The van der Waals surface area contributed by atoms with Gasteiger partial charge in [-0.05, 0) is 13.0 Å². The normalized spacial score (nSPS) is 10.4. The zero-order valence-corrected chi connectivity index (χ0v) is 7.88. The lowest BCUT2D eigenvalue weighted by Gasteiger charge is -2.03. The Morgan fingerprint density at radius 2 is 2.21 bits per heavy atom. The molecule has 2 aromatic heterocycles. The van der Waals surface area contributed by atoms with Gasteiger partial charge in [0.15, 0.2) is 0 Å². The Hall–Kier alpha value is -1.75. The molecule has 0 saturated carbocycles. The SMILES string of the molecule is Cc1ccnc(-n2ccnc2CN)n1. The number of nitrogens with two attached hydrogens (primary N) is 1. The average Bonchev–Trinajstić information content (AvgIpc) is 2.65.